The third-order valence-corrected chi connectivity index (χ3v) is 7.33. The molecule has 10 heteroatoms. The van der Waals surface area contributed by atoms with Gasteiger partial charge in [0.1, 0.15) is 0 Å². The topological polar surface area (TPSA) is 49.4 Å². The molecule has 4 nitrogen and oxygen atoms in total. The molecule has 4 rings (SSSR count). The average Bonchev–Trinajstić information content (AvgIpc) is 2.93. The number of hydrogen-bond acceptors (Lipinski definition) is 2. The van der Waals surface area contributed by atoms with E-state index < -0.39 is 41.0 Å². The number of nitrogens with zero attached hydrogens (tertiary/aromatic N) is 1. The number of likely N-dealkylation sites (N-methyl/N-ethyl adjacent to an activating group) is 1. The van der Waals surface area contributed by atoms with Gasteiger partial charge in [-0.2, -0.15) is 26.3 Å². The van der Waals surface area contributed by atoms with Gasteiger partial charge in [-0.3, -0.25) is 9.59 Å². The van der Waals surface area contributed by atoms with Crippen LogP contribution in [0.15, 0.2) is 72.8 Å². The minimum atomic E-state index is -5.09. The van der Waals surface area contributed by atoms with Crippen LogP contribution in [0, 0.1) is 0 Å². The maximum absolute atomic E-state index is 13.4. The van der Waals surface area contributed by atoms with Crippen molar-refractivity contribution in [2.24, 2.45) is 0 Å². The highest BCUT2D eigenvalue weighted by Crippen LogP contribution is 2.36. The molecule has 0 bridgehead atoms. The molecule has 1 atom stereocenters. The summed E-state index contributed by atoms with van der Waals surface area (Å²) in [5.41, 5.74) is -3.13. The molecule has 0 spiro atoms. The molecule has 0 aromatic heterocycles. The average molecular weight is 577 g/mol. The second kappa shape index (κ2) is 12.4. The van der Waals surface area contributed by atoms with Crippen LogP contribution in [0.2, 0.25) is 0 Å². The molecule has 2 amide bonds. The van der Waals surface area contributed by atoms with E-state index in [1.807, 2.05) is 42.5 Å². The molecule has 0 heterocycles. The lowest BCUT2D eigenvalue weighted by Crippen LogP contribution is -2.38. The molecule has 0 saturated heterocycles. The summed E-state index contributed by atoms with van der Waals surface area (Å²) in [7, 11) is 1.30. The Balaban J connectivity index is 1.65. The van der Waals surface area contributed by atoms with Crippen LogP contribution < -0.4 is 5.32 Å². The molecule has 1 fully saturated rings. The minimum Gasteiger partial charge on any atom is -0.350 e. The summed E-state index contributed by atoms with van der Waals surface area (Å²) in [5, 5.41) is 4.83. The van der Waals surface area contributed by atoms with Crippen LogP contribution in [0.5, 0.6) is 0 Å². The van der Waals surface area contributed by atoms with Crippen LogP contribution in [-0.4, -0.2) is 35.8 Å². The van der Waals surface area contributed by atoms with E-state index in [9.17, 15) is 35.9 Å². The Morgan fingerprint density at radius 2 is 1.49 bits per heavy atom. The molecule has 0 radical (unpaired) electrons. The summed E-state index contributed by atoms with van der Waals surface area (Å²) in [6, 6.07) is 13.2. The number of benzene rings is 3. The summed E-state index contributed by atoms with van der Waals surface area (Å²) in [4.78, 5) is 27.1. The first-order chi connectivity index (χ1) is 19.3. The lowest BCUT2D eigenvalue weighted by molar-refractivity contribution is -0.143. The van der Waals surface area contributed by atoms with Crippen molar-refractivity contribution in [3.63, 3.8) is 0 Å². The smallest absolute Gasteiger partial charge is 0.350 e. The predicted molar refractivity (Wildman–Crippen MR) is 144 cm³/mol. The molecule has 0 aliphatic heterocycles. The van der Waals surface area contributed by atoms with E-state index >= 15 is 0 Å². The van der Waals surface area contributed by atoms with Gasteiger partial charge >= 0.3 is 12.4 Å². The monoisotopic (exact) mass is 576 g/mol. The van der Waals surface area contributed by atoms with Crippen LogP contribution >= 0.6 is 0 Å². The third-order valence-electron chi connectivity index (χ3n) is 7.33. The zero-order chi connectivity index (χ0) is 29.8. The fourth-order valence-corrected chi connectivity index (χ4v) is 5.07. The fourth-order valence-electron chi connectivity index (χ4n) is 5.07. The molecule has 1 aliphatic carbocycles. The molecule has 3 aromatic carbocycles. The molecular weight excluding hydrogens is 546 g/mol. The highest BCUT2D eigenvalue weighted by molar-refractivity contribution is 5.95. The van der Waals surface area contributed by atoms with Gasteiger partial charge in [0.05, 0.1) is 17.2 Å². The fraction of sp³-hybridized carbons (Fsp3) is 0.355. The second-order valence-electron chi connectivity index (χ2n) is 10.4. The quantitative estimate of drug-likeness (QED) is 0.233. The summed E-state index contributed by atoms with van der Waals surface area (Å²) in [6.07, 6.45) is -2.43. The van der Waals surface area contributed by atoms with E-state index in [-0.39, 0.29) is 24.4 Å². The van der Waals surface area contributed by atoms with Crippen molar-refractivity contribution in [2.75, 3.05) is 7.05 Å². The van der Waals surface area contributed by atoms with E-state index in [4.69, 9.17) is 0 Å². The van der Waals surface area contributed by atoms with Crippen molar-refractivity contribution < 1.29 is 35.9 Å². The van der Waals surface area contributed by atoms with Crippen LogP contribution in [-0.2, 0) is 23.6 Å². The van der Waals surface area contributed by atoms with Gasteiger partial charge in [0.25, 0.3) is 5.91 Å². The number of alkyl halides is 6. The third kappa shape index (κ3) is 7.89. The number of nitrogens with one attached hydrogen (secondary N) is 1. The van der Waals surface area contributed by atoms with Gasteiger partial charge in [-0.05, 0) is 53.8 Å². The maximum Gasteiger partial charge on any atom is 0.416 e. The van der Waals surface area contributed by atoms with Crippen molar-refractivity contribution in [3.05, 3.63) is 95.1 Å². The van der Waals surface area contributed by atoms with Crippen molar-refractivity contribution in [3.8, 4) is 0 Å². The van der Waals surface area contributed by atoms with Crippen molar-refractivity contribution >= 4 is 22.6 Å². The molecule has 218 valence electrons. The van der Waals surface area contributed by atoms with Crippen molar-refractivity contribution in [1.82, 2.24) is 10.2 Å². The van der Waals surface area contributed by atoms with Gasteiger partial charge in [0.2, 0.25) is 5.91 Å². The number of halogens is 6. The molecule has 1 saturated carbocycles. The van der Waals surface area contributed by atoms with Crippen molar-refractivity contribution in [1.29, 1.82) is 0 Å². The summed E-state index contributed by atoms with van der Waals surface area (Å²) in [6.45, 7) is 0. The van der Waals surface area contributed by atoms with Gasteiger partial charge in [-0.1, -0.05) is 67.8 Å². The standard InChI is InChI=1S/C31H30F6N2O2/c1-39(29(41)23-17-24(30(32,33)34)19-25(18-23)31(35,36)37)27(13-14-28(40)38-26-9-3-2-4-10-26)16-20-11-12-21-7-5-6-8-22(21)15-20/h5-8,11-15,17-19,26-27H,2-4,9-10,16H2,1H3,(H,38,40)/b14-13+. The molecule has 41 heavy (non-hydrogen) atoms. The van der Waals surface area contributed by atoms with Gasteiger partial charge in [0, 0.05) is 24.7 Å². The van der Waals surface area contributed by atoms with E-state index in [0.717, 1.165) is 53.3 Å². The SMILES string of the molecule is CN(C(=O)c1cc(C(F)(F)F)cc(C(F)(F)F)c1)C(/C=C/C(=O)NC1CCCCC1)Cc1ccc2ccccc2c1. The van der Waals surface area contributed by atoms with Crippen LogP contribution in [0.1, 0.15) is 59.2 Å². The van der Waals surface area contributed by atoms with E-state index in [1.165, 1.54) is 19.2 Å². The second-order valence-corrected chi connectivity index (χ2v) is 10.4. The van der Waals surface area contributed by atoms with Crippen LogP contribution in [0.3, 0.4) is 0 Å². The first-order valence-electron chi connectivity index (χ1n) is 13.3. The number of hydrogen-bond donors (Lipinski definition) is 1. The summed E-state index contributed by atoms with van der Waals surface area (Å²) < 4.78 is 80.6. The first-order valence-corrected chi connectivity index (χ1v) is 13.3. The number of carbonyl (C=O) groups is 2. The predicted octanol–water partition coefficient (Wildman–Crippen LogP) is 7.57. The Morgan fingerprint density at radius 1 is 0.878 bits per heavy atom. The summed E-state index contributed by atoms with van der Waals surface area (Å²) >= 11 is 0. The van der Waals surface area contributed by atoms with Crippen molar-refractivity contribution in [2.45, 2.75) is 63.0 Å². The zero-order valence-electron chi connectivity index (χ0n) is 22.4. The van der Waals surface area contributed by atoms with Gasteiger partial charge in [-0.25, -0.2) is 0 Å². The highest BCUT2D eigenvalue weighted by Gasteiger charge is 2.38. The number of fused-ring (bicyclic) bond motifs is 1. The molecule has 1 unspecified atom stereocenters. The lowest BCUT2D eigenvalue weighted by atomic mass is 9.95. The Bertz CT molecular complexity index is 1390. The van der Waals surface area contributed by atoms with Gasteiger partial charge in [-0.15, -0.1) is 0 Å². The molecule has 3 aromatic rings. The Kier molecular flexibility index (Phi) is 9.09. The van der Waals surface area contributed by atoms with E-state index in [2.05, 4.69) is 5.32 Å². The van der Waals surface area contributed by atoms with Crippen LogP contribution in [0.25, 0.3) is 10.8 Å². The molecule has 1 aliphatic rings. The lowest BCUT2D eigenvalue weighted by Gasteiger charge is -2.27. The maximum atomic E-state index is 13.4. The largest absolute Gasteiger partial charge is 0.416 e. The summed E-state index contributed by atoms with van der Waals surface area (Å²) in [5.74, 6) is -1.41. The number of rotatable bonds is 7. The number of amides is 2. The minimum absolute atomic E-state index is 0.0150. The highest BCUT2D eigenvalue weighted by atomic mass is 19.4. The Labute approximate surface area is 234 Å². The van der Waals surface area contributed by atoms with E-state index in [1.54, 1.807) is 0 Å². The number of carbonyl (C=O) groups excluding carboxylic acids is 2. The molecule has 1 N–H and O–H groups in total. The molecular formula is C31H30F6N2O2. The first kappa shape index (κ1) is 30.1. The van der Waals surface area contributed by atoms with E-state index in [0.29, 0.717) is 12.1 Å². The van der Waals surface area contributed by atoms with Gasteiger partial charge in [0.15, 0.2) is 0 Å². The van der Waals surface area contributed by atoms with Gasteiger partial charge < -0.3 is 10.2 Å². The zero-order valence-corrected chi connectivity index (χ0v) is 22.4. The Morgan fingerprint density at radius 3 is 2.10 bits per heavy atom. The van der Waals surface area contributed by atoms with Crippen LogP contribution in [0.4, 0.5) is 26.3 Å². The normalized spacial score (nSPS) is 15.7. The Hall–Kier alpha value is -3.82.